The molecule has 5 rings (SSSR count). The van der Waals surface area contributed by atoms with Gasteiger partial charge in [0.2, 0.25) is 5.88 Å². The van der Waals surface area contributed by atoms with Gasteiger partial charge in [0, 0.05) is 36.5 Å². The summed E-state index contributed by atoms with van der Waals surface area (Å²) in [6, 6.07) is 7.39. The van der Waals surface area contributed by atoms with E-state index in [2.05, 4.69) is 16.5 Å². The van der Waals surface area contributed by atoms with Crippen LogP contribution in [0.5, 0.6) is 5.88 Å². The van der Waals surface area contributed by atoms with Crippen molar-refractivity contribution in [2.45, 2.75) is 45.7 Å². The van der Waals surface area contributed by atoms with E-state index in [9.17, 15) is 19.5 Å². The van der Waals surface area contributed by atoms with Crippen molar-refractivity contribution in [3.05, 3.63) is 63.1 Å². The summed E-state index contributed by atoms with van der Waals surface area (Å²) in [5, 5.41) is 26.9. The summed E-state index contributed by atoms with van der Waals surface area (Å²) >= 11 is 0. The van der Waals surface area contributed by atoms with Gasteiger partial charge < -0.3 is 15.3 Å². The van der Waals surface area contributed by atoms with E-state index in [1.165, 1.54) is 21.4 Å². The van der Waals surface area contributed by atoms with Gasteiger partial charge in [0.15, 0.2) is 5.56 Å². The van der Waals surface area contributed by atoms with Crippen LogP contribution >= 0.6 is 0 Å². The van der Waals surface area contributed by atoms with Crippen LogP contribution in [0.15, 0.2) is 35.3 Å². The average molecular weight is 487 g/mol. The zero-order chi connectivity index (χ0) is 25.6. The van der Waals surface area contributed by atoms with E-state index in [-0.39, 0.29) is 23.4 Å². The second-order valence-electron chi connectivity index (χ2n) is 9.62. The first-order chi connectivity index (χ1) is 17.3. The highest BCUT2D eigenvalue weighted by Gasteiger charge is 2.30. The van der Waals surface area contributed by atoms with Crippen LogP contribution in [0, 0.1) is 17.2 Å². The van der Waals surface area contributed by atoms with E-state index in [0.717, 1.165) is 24.1 Å². The standard InChI is InChI=1S/C26H26N6O4/c1-15(2)14-31-24-18(4-8-21(33)30-10-9-17-11-16(12-27)3-7-20(17)30)13-28-32(24)26(36)22(25(31)35)23(34)29-19-5-6-19/h3-4,7-8,11,13,15,19,36H,5-6,9-10,14H2,1-2H3,(H,29,34). The smallest absolute Gasteiger partial charge is 0.270 e. The number of hydrogen-bond donors (Lipinski definition) is 2. The molecule has 3 heterocycles. The molecule has 1 aliphatic heterocycles. The predicted molar refractivity (Wildman–Crippen MR) is 133 cm³/mol. The van der Waals surface area contributed by atoms with Gasteiger partial charge >= 0.3 is 0 Å². The number of hydrogen-bond acceptors (Lipinski definition) is 6. The van der Waals surface area contributed by atoms with Crippen molar-refractivity contribution in [1.29, 1.82) is 5.26 Å². The number of anilines is 1. The van der Waals surface area contributed by atoms with Gasteiger partial charge in [-0.3, -0.25) is 19.0 Å². The summed E-state index contributed by atoms with van der Waals surface area (Å²) in [5.41, 5.74) is 2.09. The van der Waals surface area contributed by atoms with Crippen molar-refractivity contribution >= 4 is 29.2 Å². The van der Waals surface area contributed by atoms with Crippen LogP contribution in [0.2, 0.25) is 0 Å². The number of amides is 2. The minimum Gasteiger partial charge on any atom is -0.492 e. The summed E-state index contributed by atoms with van der Waals surface area (Å²) in [4.78, 5) is 40.7. The first kappa shape index (κ1) is 23.4. The highest BCUT2D eigenvalue weighted by Crippen LogP contribution is 2.29. The molecule has 0 radical (unpaired) electrons. The van der Waals surface area contributed by atoms with Crippen molar-refractivity contribution in [3.8, 4) is 11.9 Å². The summed E-state index contributed by atoms with van der Waals surface area (Å²) in [6.07, 6.45) is 6.77. The van der Waals surface area contributed by atoms with E-state index >= 15 is 0 Å². The van der Waals surface area contributed by atoms with Crippen LogP contribution in [-0.4, -0.2) is 43.7 Å². The molecule has 2 aromatic heterocycles. The molecule has 1 fully saturated rings. The third-order valence-corrected chi connectivity index (χ3v) is 6.37. The molecule has 1 saturated carbocycles. The molecule has 0 atom stereocenters. The molecule has 10 heteroatoms. The monoisotopic (exact) mass is 486 g/mol. The number of aromatic nitrogens is 3. The van der Waals surface area contributed by atoms with Gasteiger partial charge in [-0.1, -0.05) is 13.8 Å². The summed E-state index contributed by atoms with van der Waals surface area (Å²) in [7, 11) is 0. The zero-order valence-corrected chi connectivity index (χ0v) is 20.1. The Morgan fingerprint density at radius 1 is 1.33 bits per heavy atom. The Morgan fingerprint density at radius 2 is 2.11 bits per heavy atom. The SMILES string of the molecule is CC(C)Cn1c(=O)c(C(=O)NC2CC2)c(O)n2ncc(C=CC(=O)N3CCc4cc(C#N)ccc43)c12. The Hall–Kier alpha value is -4.39. The van der Waals surface area contributed by atoms with Gasteiger partial charge in [-0.2, -0.15) is 14.9 Å². The Balaban J connectivity index is 1.51. The van der Waals surface area contributed by atoms with Crippen LogP contribution in [0.3, 0.4) is 0 Å². The van der Waals surface area contributed by atoms with Crippen molar-refractivity contribution in [2.75, 3.05) is 11.4 Å². The lowest BCUT2D eigenvalue weighted by atomic mass is 10.1. The minimum absolute atomic E-state index is 0.0230. The van der Waals surface area contributed by atoms with Gasteiger partial charge in [0.25, 0.3) is 17.4 Å². The summed E-state index contributed by atoms with van der Waals surface area (Å²) in [5.74, 6) is -1.32. The fourth-order valence-electron chi connectivity index (χ4n) is 4.50. The predicted octanol–water partition coefficient (Wildman–Crippen LogP) is 2.22. The lowest BCUT2D eigenvalue weighted by Gasteiger charge is -2.16. The number of aromatic hydroxyl groups is 1. The number of nitrogens with zero attached hydrogens (tertiary/aromatic N) is 5. The maximum atomic E-state index is 13.3. The largest absolute Gasteiger partial charge is 0.492 e. The fourth-order valence-corrected chi connectivity index (χ4v) is 4.50. The molecule has 0 spiro atoms. The van der Waals surface area contributed by atoms with E-state index in [1.54, 1.807) is 29.2 Å². The molecule has 10 nitrogen and oxygen atoms in total. The molecule has 2 amide bonds. The van der Waals surface area contributed by atoms with Crippen LogP contribution in [-0.2, 0) is 17.8 Å². The Kier molecular flexibility index (Phi) is 5.84. The maximum absolute atomic E-state index is 13.3. The summed E-state index contributed by atoms with van der Waals surface area (Å²) in [6.45, 7) is 4.68. The zero-order valence-electron chi connectivity index (χ0n) is 20.1. The van der Waals surface area contributed by atoms with Gasteiger partial charge in [0.05, 0.1) is 17.8 Å². The molecule has 0 unspecified atom stereocenters. The van der Waals surface area contributed by atoms with E-state index in [4.69, 9.17) is 5.26 Å². The Bertz CT molecular complexity index is 1520. The second kappa shape index (κ2) is 9.00. The second-order valence-corrected chi connectivity index (χ2v) is 9.62. The number of fused-ring (bicyclic) bond motifs is 2. The number of rotatable bonds is 6. The fraction of sp³-hybridized carbons (Fsp3) is 0.346. The third kappa shape index (κ3) is 4.13. The normalized spacial score (nSPS) is 15.0. The van der Waals surface area contributed by atoms with Gasteiger partial charge in [-0.05, 0) is 55.0 Å². The van der Waals surface area contributed by atoms with Gasteiger partial charge in [0.1, 0.15) is 5.65 Å². The summed E-state index contributed by atoms with van der Waals surface area (Å²) < 4.78 is 2.60. The molecule has 184 valence electrons. The molecule has 3 aromatic rings. The number of carbonyl (C=O) groups is 2. The molecule has 0 saturated heterocycles. The number of nitrogens with one attached hydrogen (secondary N) is 1. The molecule has 1 aromatic carbocycles. The number of carbonyl (C=O) groups excluding carboxylic acids is 2. The third-order valence-electron chi connectivity index (χ3n) is 6.37. The van der Waals surface area contributed by atoms with Crippen molar-refractivity contribution in [1.82, 2.24) is 19.5 Å². The first-order valence-electron chi connectivity index (χ1n) is 12.0. The highest BCUT2D eigenvalue weighted by atomic mass is 16.3. The van der Waals surface area contributed by atoms with E-state index < -0.39 is 17.3 Å². The molecule has 36 heavy (non-hydrogen) atoms. The van der Waals surface area contributed by atoms with Crippen molar-refractivity contribution in [2.24, 2.45) is 5.92 Å². The molecule has 2 N–H and O–H groups in total. The molecular formula is C26H26N6O4. The number of nitriles is 1. The average Bonchev–Trinajstić information content (AvgIpc) is 3.39. The topological polar surface area (TPSA) is 133 Å². The lowest BCUT2D eigenvalue weighted by molar-refractivity contribution is -0.114. The first-order valence-corrected chi connectivity index (χ1v) is 12.0. The van der Waals surface area contributed by atoms with Crippen LogP contribution < -0.4 is 15.8 Å². The lowest BCUT2D eigenvalue weighted by Crippen LogP contribution is -2.36. The molecule has 0 bridgehead atoms. The molecule has 1 aliphatic carbocycles. The Morgan fingerprint density at radius 3 is 2.81 bits per heavy atom. The van der Waals surface area contributed by atoms with Crippen LogP contribution in [0.25, 0.3) is 11.7 Å². The van der Waals surface area contributed by atoms with E-state index in [0.29, 0.717) is 36.3 Å². The highest BCUT2D eigenvalue weighted by molar-refractivity contribution is 6.05. The van der Waals surface area contributed by atoms with E-state index in [1.807, 2.05) is 13.8 Å². The van der Waals surface area contributed by atoms with Crippen molar-refractivity contribution < 1.29 is 14.7 Å². The van der Waals surface area contributed by atoms with Crippen molar-refractivity contribution in [3.63, 3.8) is 0 Å². The van der Waals surface area contributed by atoms with Crippen LogP contribution in [0.4, 0.5) is 5.69 Å². The maximum Gasteiger partial charge on any atom is 0.270 e. The molecule has 2 aliphatic rings. The van der Waals surface area contributed by atoms with Gasteiger partial charge in [-0.15, -0.1) is 0 Å². The minimum atomic E-state index is -0.616. The quantitative estimate of drug-likeness (QED) is 0.514. The number of benzene rings is 1. The van der Waals surface area contributed by atoms with Crippen LogP contribution in [0.1, 0.15) is 53.7 Å². The Labute approximate surface area is 207 Å². The van der Waals surface area contributed by atoms with Gasteiger partial charge in [-0.25, -0.2) is 0 Å². The molecular weight excluding hydrogens is 460 g/mol.